The molecule has 0 radical (unpaired) electrons. The Balaban J connectivity index is 1.31. The van der Waals surface area contributed by atoms with Crippen LogP contribution in [0.25, 0.3) is 10.9 Å². The molecular weight excluding hydrogens is 539 g/mol. The number of methoxy groups -OCH3 is 1. The number of aromatic nitrogens is 2. The van der Waals surface area contributed by atoms with Crippen molar-refractivity contribution < 1.29 is 14.3 Å². The zero-order valence-electron chi connectivity index (χ0n) is 17.8. The molecule has 0 saturated heterocycles. The molecule has 2 aliphatic rings. The molecule has 2 saturated carbocycles. The summed E-state index contributed by atoms with van der Waals surface area (Å²) in [5.74, 6) is 0.461. The molecule has 0 aliphatic heterocycles. The third-order valence-corrected chi connectivity index (χ3v) is 8.15. The van der Waals surface area contributed by atoms with Gasteiger partial charge in [-0.25, -0.2) is 0 Å². The van der Waals surface area contributed by atoms with Gasteiger partial charge >= 0.3 is 5.97 Å². The van der Waals surface area contributed by atoms with E-state index in [9.17, 15) is 9.59 Å². The standard InChI is InChI=1S/C25H24ClIN2O3/c1-32-24(31)17-11-25(12-17)9-16(10-25)8-22(30)19-6-7-21(26)20-13-28-29(23(19)20)14-15-2-4-18(27)5-3-15/h2-7,13,16-17H,8-12,14H2,1H3. The number of rotatable bonds is 6. The van der Waals surface area contributed by atoms with E-state index in [0.717, 1.165) is 42.1 Å². The maximum absolute atomic E-state index is 13.3. The van der Waals surface area contributed by atoms with Crippen LogP contribution in [0.3, 0.4) is 0 Å². The van der Waals surface area contributed by atoms with Gasteiger partial charge in [0, 0.05) is 20.9 Å². The SMILES string of the molecule is COC(=O)C1CC2(CC(CC(=O)c3ccc(Cl)c4cnn(Cc5ccc(I)cc5)c34)C2)C1. The number of hydrogen-bond donors (Lipinski definition) is 0. The van der Waals surface area contributed by atoms with Crippen molar-refractivity contribution in [3.8, 4) is 0 Å². The number of esters is 1. The van der Waals surface area contributed by atoms with Crippen molar-refractivity contribution in [2.75, 3.05) is 7.11 Å². The summed E-state index contributed by atoms with van der Waals surface area (Å²) in [7, 11) is 1.45. The summed E-state index contributed by atoms with van der Waals surface area (Å²) in [5.41, 5.74) is 2.88. The van der Waals surface area contributed by atoms with E-state index in [-0.39, 0.29) is 23.1 Å². The Bertz CT molecular complexity index is 1190. The van der Waals surface area contributed by atoms with Crippen molar-refractivity contribution in [2.45, 2.75) is 38.6 Å². The molecule has 5 rings (SSSR count). The highest BCUT2D eigenvalue weighted by Gasteiger charge is 2.55. The maximum atomic E-state index is 13.3. The Hall–Kier alpha value is -1.93. The zero-order chi connectivity index (χ0) is 22.5. The van der Waals surface area contributed by atoms with Gasteiger partial charge < -0.3 is 4.74 Å². The minimum Gasteiger partial charge on any atom is -0.469 e. The molecule has 1 spiro atoms. The van der Waals surface area contributed by atoms with Crippen molar-refractivity contribution in [3.05, 3.63) is 62.3 Å². The topological polar surface area (TPSA) is 61.2 Å². The molecular formula is C25H24ClIN2O3. The molecule has 166 valence electrons. The van der Waals surface area contributed by atoms with Crippen molar-refractivity contribution in [1.29, 1.82) is 0 Å². The minimum atomic E-state index is -0.0971. The quantitative estimate of drug-likeness (QED) is 0.213. The summed E-state index contributed by atoms with van der Waals surface area (Å²) in [6, 6.07) is 11.9. The first-order valence-corrected chi connectivity index (χ1v) is 12.3. The molecule has 2 fully saturated rings. The number of fused-ring (bicyclic) bond motifs is 1. The van der Waals surface area contributed by atoms with Crippen LogP contribution in [0, 0.1) is 20.8 Å². The number of ketones is 1. The maximum Gasteiger partial charge on any atom is 0.308 e. The van der Waals surface area contributed by atoms with Gasteiger partial charge in [-0.05, 0) is 89.4 Å². The van der Waals surface area contributed by atoms with Gasteiger partial charge in [-0.3, -0.25) is 14.3 Å². The Morgan fingerprint density at radius 3 is 2.56 bits per heavy atom. The fraction of sp³-hybridized carbons (Fsp3) is 0.400. The van der Waals surface area contributed by atoms with Gasteiger partial charge in [0.1, 0.15) is 0 Å². The van der Waals surface area contributed by atoms with Crippen LogP contribution in [0.1, 0.15) is 48.0 Å². The normalized spacial score (nSPS) is 24.2. The van der Waals surface area contributed by atoms with E-state index in [0.29, 0.717) is 29.5 Å². The van der Waals surface area contributed by atoms with Crippen molar-refractivity contribution in [3.63, 3.8) is 0 Å². The van der Waals surface area contributed by atoms with Crippen LogP contribution < -0.4 is 0 Å². The average molecular weight is 563 g/mol. The predicted octanol–water partition coefficient (Wildman–Crippen LogP) is 5.89. The van der Waals surface area contributed by atoms with Gasteiger partial charge in [0.2, 0.25) is 0 Å². The molecule has 2 aromatic carbocycles. The number of ether oxygens (including phenoxy) is 1. The monoisotopic (exact) mass is 562 g/mol. The first-order chi connectivity index (χ1) is 15.4. The molecule has 1 heterocycles. The van der Waals surface area contributed by atoms with Crippen LogP contribution in [0.15, 0.2) is 42.6 Å². The van der Waals surface area contributed by atoms with Gasteiger partial charge in [0.05, 0.1) is 36.3 Å². The number of benzene rings is 2. The lowest BCUT2D eigenvalue weighted by Crippen LogP contribution is -2.50. The van der Waals surface area contributed by atoms with Crippen molar-refractivity contribution in [2.24, 2.45) is 17.3 Å². The Kier molecular flexibility index (Phi) is 5.78. The molecule has 32 heavy (non-hydrogen) atoms. The van der Waals surface area contributed by atoms with E-state index in [1.54, 1.807) is 12.3 Å². The van der Waals surface area contributed by atoms with Crippen LogP contribution in [-0.4, -0.2) is 28.6 Å². The summed E-state index contributed by atoms with van der Waals surface area (Å²) in [6.45, 7) is 0.586. The van der Waals surface area contributed by atoms with Gasteiger partial charge in [0.15, 0.2) is 5.78 Å². The van der Waals surface area contributed by atoms with Gasteiger partial charge in [0.25, 0.3) is 0 Å². The lowest BCUT2D eigenvalue weighted by Gasteiger charge is -2.57. The number of halogens is 2. The smallest absolute Gasteiger partial charge is 0.308 e. The Morgan fingerprint density at radius 1 is 1.16 bits per heavy atom. The molecule has 0 amide bonds. The summed E-state index contributed by atoms with van der Waals surface area (Å²) < 4.78 is 7.91. The number of hydrogen-bond acceptors (Lipinski definition) is 4. The van der Waals surface area contributed by atoms with E-state index >= 15 is 0 Å². The van der Waals surface area contributed by atoms with E-state index in [2.05, 4.69) is 52.0 Å². The van der Waals surface area contributed by atoms with E-state index < -0.39 is 0 Å². The molecule has 2 aliphatic carbocycles. The first-order valence-electron chi connectivity index (χ1n) is 10.9. The molecule has 1 aromatic heterocycles. The third-order valence-electron chi connectivity index (χ3n) is 7.10. The fourth-order valence-corrected chi connectivity index (χ4v) is 6.17. The Labute approximate surface area is 205 Å². The van der Waals surface area contributed by atoms with E-state index in [4.69, 9.17) is 16.3 Å². The number of carbonyl (C=O) groups is 2. The lowest BCUT2D eigenvalue weighted by molar-refractivity contribution is -0.161. The largest absolute Gasteiger partial charge is 0.469 e. The van der Waals surface area contributed by atoms with Gasteiger partial charge in [-0.15, -0.1) is 0 Å². The van der Waals surface area contributed by atoms with Crippen LogP contribution in [-0.2, 0) is 16.1 Å². The second-order valence-corrected chi connectivity index (χ2v) is 11.0. The Morgan fingerprint density at radius 2 is 1.88 bits per heavy atom. The number of nitrogens with zero attached hydrogens (tertiary/aromatic N) is 2. The van der Waals surface area contributed by atoms with Gasteiger partial charge in [-0.2, -0.15) is 5.10 Å². The molecule has 7 heteroatoms. The average Bonchev–Trinajstić information content (AvgIpc) is 3.14. The second-order valence-electron chi connectivity index (χ2n) is 9.32. The fourth-order valence-electron chi connectivity index (χ4n) is 5.61. The van der Waals surface area contributed by atoms with Crippen LogP contribution in [0.5, 0.6) is 0 Å². The molecule has 0 N–H and O–H groups in total. The minimum absolute atomic E-state index is 0.0446. The number of carbonyl (C=O) groups excluding carboxylic acids is 2. The van der Waals surface area contributed by atoms with E-state index in [1.165, 1.54) is 10.7 Å². The summed E-state index contributed by atoms with van der Waals surface area (Å²) in [6.07, 6.45) is 6.11. The summed E-state index contributed by atoms with van der Waals surface area (Å²) >= 11 is 8.71. The predicted molar refractivity (Wildman–Crippen MR) is 132 cm³/mol. The molecule has 0 unspecified atom stereocenters. The van der Waals surface area contributed by atoms with Crippen molar-refractivity contribution >= 4 is 56.8 Å². The number of Topliss-reactive ketones (excluding diaryl/α,β-unsaturated/α-hetero) is 1. The highest BCUT2D eigenvalue weighted by molar-refractivity contribution is 14.1. The van der Waals surface area contributed by atoms with Crippen LogP contribution in [0.2, 0.25) is 5.02 Å². The van der Waals surface area contributed by atoms with Crippen LogP contribution in [0.4, 0.5) is 0 Å². The van der Waals surface area contributed by atoms with Gasteiger partial charge in [-0.1, -0.05) is 23.7 Å². The second kappa shape index (κ2) is 8.45. The summed E-state index contributed by atoms with van der Waals surface area (Å²) in [5, 5.41) is 5.96. The third kappa shape index (κ3) is 3.96. The highest BCUT2D eigenvalue weighted by Crippen LogP contribution is 2.62. The summed E-state index contributed by atoms with van der Waals surface area (Å²) in [4.78, 5) is 25.0. The molecule has 5 nitrogen and oxygen atoms in total. The lowest BCUT2D eigenvalue weighted by atomic mass is 9.47. The molecule has 0 bridgehead atoms. The van der Waals surface area contributed by atoms with E-state index in [1.807, 2.05) is 10.7 Å². The molecule has 0 atom stereocenters. The molecule has 3 aromatic rings. The van der Waals surface area contributed by atoms with Crippen LogP contribution >= 0.6 is 34.2 Å². The first kappa shape index (κ1) is 21.9. The highest BCUT2D eigenvalue weighted by atomic mass is 127. The van der Waals surface area contributed by atoms with Crippen molar-refractivity contribution in [1.82, 2.24) is 9.78 Å². The zero-order valence-corrected chi connectivity index (χ0v) is 20.7.